The number of halogens is 1. The van der Waals surface area contributed by atoms with Crippen molar-refractivity contribution in [3.63, 3.8) is 0 Å². The van der Waals surface area contributed by atoms with E-state index in [0.717, 1.165) is 16.7 Å². The normalized spacial score (nSPS) is 10.4. The highest BCUT2D eigenvalue weighted by atomic mass is 127. The van der Waals surface area contributed by atoms with Gasteiger partial charge in [-0.25, -0.2) is 5.48 Å². The van der Waals surface area contributed by atoms with E-state index in [0.29, 0.717) is 12.2 Å². The van der Waals surface area contributed by atoms with Gasteiger partial charge in [-0.15, -0.1) is 0 Å². The highest BCUT2D eigenvalue weighted by Gasteiger charge is 2.11. The Morgan fingerprint density at radius 3 is 2.48 bits per heavy atom. The Morgan fingerprint density at radius 2 is 1.86 bits per heavy atom. The first-order valence-corrected chi connectivity index (χ1v) is 7.44. The van der Waals surface area contributed by atoms with Crippen LogP contribution >= 0.6 is 22.6 Å². The predicted octanol–water partition coefficient (Wildman–Crippen LogP) is 3.40. The topological polar surface area (TPSA) is 47.6 Å². The summed E-state index contributed by atoms with van der Waals surface area (Å²) < 4.78 is 6.43. The Morgan fingerprint density at radius 1 is 1.14 bits per heavy atom. The van der Waals surface area contributed by atoms with Crippen LogP contribution in [0.5, 0.6) is 0 Å². The Bertz CT molecular complexity index is 626. The minimum absolute atomic E-state index is 0.274. The molecule has 0 fully saturated rings. The maximum atomic E-state index is 11.8. The first-order valence-electron chi connectivity index (χ1n) is 6.37. The van der Waals surface area contributed by atoms with Crippen LogP contribution in [0.15, 0.2) is 42.5 Å². The third kappa shape index (κ3) is 4.03. The van der Waals surface area contributed by atoms with Crippen LogP contribution in [-0.2, 0) is 16.2 Å². The summed E-state index contributed by atoms with van der Waals surface area (Å²) in [6.07, 6.45) is 0. The molecule has 21 heavy (non-hydrogen) atoms. The molecule has 0 aliphatic carbocycles. The number of carbonyl (C=O) groups is 1. The molecule has 0 spiro atoms. The molecule has 0 unspecified atom stereocenters. The summed E-state index contributed by atoms with van der Waals surface area (Å²) in [6.45, 7) is 0.440. The van der Waals surface area contributed by atoms with Crippen molar-refractivity contribution in [3.05, 3.63) is 57.2 Å². The standard InChI is InChI=1S/C16H16INO3/c1-20-10-13-9-12(16(19)18-21-2)5-8-15(13)11-3-6-14(17)7-4-11/h3-9H,10H2,1-2H3,(H,18,19). The van der Waals surface area contributed by atoms with Crippen LogP contribution < -0.4 is 5.48 Å². The average molecular weight is 397 g/mol. The Balaban J connectivity index is 2.41. The highest BCUT2D eigenvalue weighted by Crippen LogP contribution is 2.26. The summed E-state index contributed by atoms with van der Waals surface area (Å²) in [7, 11) is 3.05. The quantitative estimate of drug-likeness (QED) is 0.622. The fourth-order valence-corrected chi connectivity index (χ4v) is 2.43. The van der Waals surface area contributed by atoms with Gasteiger partial charge in [0.25, 0.3) is 5.91 Å². The van der Waals surface area contributed by atoms with E-state index in [1.807, 2.05) is 12.1 Å². The molecule has 0 aromatic heterocycles. The first kappa shape index (κ1) is 15.9. The number of rotatable bonds is 5. The Labute approximate surface area is 137 Å². The average Bonchev–Trinajstić information content (AvgIpc) is 2.49. The zero-order chi connectivity index (χ0) is 15.2. The largest absolute Gasteiger partial charge is 0.380 e. The van der Waals surface area contributed by atoms with Gasteiger partial charge in [0.05, 0.1) is 13.7 Å². The second kappa shape index (κ2) is 7.53. The minimum atomic E-state index is -0.274. The van der Waals surface area contributed by atoms with E-state index >= 15 is 0 Å². The Hall–Kier alpha value is -1.44. The van der Waals surface area contributed by atoms with Gasteiger partial charge in [0, 0.05) is 16.2 Å². The third-order valence-corrected chi connectivity index (χ3v) is 3.74. The minimum Gasteiger partial charge on any atom is -0.380 e. The first-order chi connectivity index (χ1) is 10.2. The zero-order valence-corrected chi connectivity index (χ0v) is 14.0. The number of hydroxylamine groups is 1. The molecule has 0 aliphatic rings. The number of methoxy groups -OCH3 is 1. The van der Waals surface area contributed by atoms with Crippen LogP contribution in [0.25, 0.3) is 11.1 Å². The lowest BCUT2D eigenvalue weighted by atomic mass is 9.97. The van der Waals surface area contributed by atoms with E-state index in [2.05, 4.69) is 57.2 Å². The number of ether oxygens (including phenoxy) is 1. The molecule has 1 N–H and O–H groups in total. The number of hydrogen-bond donors (Lipinski definition) is 1. The predicted molar refractivity (Wildman–Crippen MR) is 89.8 cm³/mol. The van der Waals surface area contributed by atoms with Gasteiger partial charge >= 0.3 is 0 Å². The van der Waals surface area contributed by atoms with Crippen molar-refractivity contribution in [2.45, 2.75) is 6.61 Å². The SMILES string of the molecule is COCc1cc(C(=O)NOC)ccc1-c1ccc(I)cc1. The van der Waals surface area contributed by atoms with Gasteiger partial charge < -0.3 is 4.74 Å². The van der Waals surface area contributed by atoms with Crippen molar-refractivity contribution in [1.82, 2.24) is 5.48 Å². The number of nitrogens with one attached hydrogen (secondary N) is 1. The number of benzene rings is 2. The molecule has 0 bridgehead atoms. The molecule has 0 atom stereocenters. The summed E-state index contributed by atoms with van der Waals surface area (Å²) in [5, 5.41) is 0. The van der Waals surface area contributed by atoms with Crippen molar-refractivity contribution in [2.24, 2.45) is 0 Å². The molecule has 0 heterocycles. The van der Waals surface area contributed by atoms with Crippen LogP contribution in [0, 0.1) is 3.57 Å². The lowest BCUT2D eigenvalue weighted by Gasteiger charge is -2.11. The van der Waals surface area contributed by atoms with Crippen molar-refractivity contribution in [3.8, 4) is 11.1 Å². The van der Waals surface area contributed by atoms with Crippen LogP contribution in [0.3, 0.4) is 0 Å². The second-order valence-electron chi connectivity index (χ2n) is 4.45. The second-order valence-corrected chi connectivity index (χ2v) is 5.69. The van der Waals surface area contributed by atoms with Gasteiger partial charge in [-0.1, -0.05) is 18.2 Å². The maximum absolute atomic E-state index is 11.8. The molecule has 2 aromatic rings. The van der Waals surface area contributed by atoms with Crippen molar-refractivity contribution >= 4 is 28.5 Å². The molecule has 110 valence electrons. The summed E-state index contributed by atoms with van der Waals surface area (Å²) >= 11 is 2.27. The molecular weight excluding hydrogens is 381 g/mol. The number of carbonyl (C=O) groups excluding carboxylic acids is 1. The fraction of sp³-hybridized carbons (Fsp3) is 0.188. The molecule has 4 nitrogen and oxygen atoms in total. The summed E-state index contributed by atoms with van der Waals surface area (Å²) in [5.74, 6) is -0.274. The van der Waals surface area contributed by atoms with E-state index in [4.69, 9.17) is 4.74 Å². The van der Waals surface area contributed by atoms with Gasteiger partial charge in [-0.2, -0.15) is 0 Å². The van der Waals surface area contributed by atoms with Gasteiger partial charge in [-0.05, 0) is 63.5 Å². The van der Waals surface area contributed by atoms with E-state index in [1.54, 1.807) is 13.2 Å². The summed E-state index contributed by atoms with van der Waals surface area (Å²) in [4.78, 5) is 16.5. The molecule has 5 heteroatoms. The Kier molecular flexibility index (Phi) is 5.72. The van der Waals surface area contributed by atoms with Gasteiger partial charge in [-0.3, -0.25) is 9.63 Å². The highest BCUT2D eigenvalue weighted by molar-refractivity contribution is 14.1. The van der Waals surface area contributed by atoms with E-state index in [9.17, 15) is 4.79 Å². The monoisotopic (exact) mass is 397 g/mol. The van der Waals surface area contributed by atoms with Crippen LogP contribution in [-0.4, -0.2) is 20.1 Å². The van der Waals surface area contributed by atoms with Gasteiger partial charge in [0.2, 0.25) is 0 Å². The van der Waals surface area contributed by atoms with E-state index in [-0.39, 0.29) is 5.91 Å². The summed E-state index contributed by atoms with van der Waals surface area (Å²) in [6, 6.07) is 13.8. The van der Waals surface area contributed by atoms with Crippen molar-refractivity contribution < 1.29 is 14.4 Å². The van der Waals surface area contributed by atoms with Gasteiger partial charge in [0.15, 0.2) is 0 Å². The number of hydrogen-bond acceptors (Lipinski definition) is 3. The molecule has 2 rings (SSSR count). The summed E-state index contributed by atoms with van der Waals surface area (Å²) in [5.41, 5.74) is 5.97. The molecule has 2 aromatic carbocycles. The lowest BCUT2D eigenvalue weighted by Crippen LogP contribution is -2.21. The molecule has 0 aliphatic heterocycles. The molecule has 1 amide bonds. The van der Waals surface area contributed by atoms with Crippen molar-refractivity contribution in [2.75, 3.05) is 14.2 Å². The van der Waals surface area contributed by atoms with E-state index in [1.165, 1.54) is 10.7 Å². The molecule has 0 radical (unpaired) electrons. The zero-order valence-electron chi connectivity index (χ0n) is 11.9. The van der Waals surface area contributed by atoms with Crippen LogP contribution in [0.1, 0.15) is 15.9 Å². The van der Waals surface area contributed by atoms with Crippen LogP contribution in [0.4, 0.5) is 0 Å². The van der Waals surface area contributed by atoms with Gasteiger partial charge in [0.1, 0.15) is 0 Å². The maximum Gasteiger partial charge on any atom is 0.274 e. The fourth-order valence-electron chi connectivity index (χ4n) is 2.07. The third-order valence-electron chi connectivity index (χ3n) is 3.02. The molecule has 0 saturated carbocycles. The lowest BCUT2D eigenvalue weighted by molar-refractivity contribution is 0.0537. The smallest absolute Gasteiger partial charge is 0.274 e. The van der Waals surface area contributed by atoms with Crippen LogP contribution in [0.2, 0.25) is 0 Å². The number of amides is 1. The van der Waals surface area contributed by atoms with E-state index < -0.39 is 0 Å². The molecular formula is C16H16INO3. The van der Waals surface area contributed by atoms with Crippen molar-refractivity contribution in [1.29, 1.82) is 0 Å². The molecule has 0 saturated heterocycles.